The summed E-state index contributed by atoms with van der Waals surface area (Å²) in [5, 5.41) is 1.11. The molecule has 0 saturated carbocycles. The summed E-state index contributed by atoms with van der Waals surface area (Å²) < 4.78 is 3.32. The van der Waals surface area contributed by atoms with Gasteiger partial charge in [-0.05, 0) is 42.8 Å². The van der Waals surface area contributed by atoms with E-state index in [2.05, 4.69) is 29.7 Å². The molecule has 0 aliphatic carbocycles. The van der Waals surface area contributed by atoms with E-state index in [-0.39, 0.29) is 29.8 Å². The van der Waals surface area contributed by atoms with Crippen LogP contribution in [0.4, 0.5) is 5.69 Å². The van der Waals surface area contributed by atoms with Gasteiger partial charge >= 0.3 is 0 Å². The van der Waals surface area contributed by atoms with E-state index in [9.17, 15) is 4.79 Å². The summed E-state index contributed by atoms with van der Waals surface area (Å²) >= 11 is 1.69. The fourth-order valence-electron chi connectivity index (χ4n) is 2.95. The van der Waals surface area contributed by atoms with Crippen molar-refractivity contribution in [3.8, 4) is 0 Å². The molecule has 0 bridgehead atoms. The number of anilines is 1. The van der Waals surface area contributed by atoms with E-state index in [4.69, 9.17) is 11.5 Å². The van der Waals surface area contributed by atoms with Crippen LogP contribution in [0.2, 0.25) is 0 Å². The summed E-state index contributed by atoms with van der Waals surface area (Å²) in [5.41, 5.74) is 15.1. The molecule has 0 radical (unpaired) electrons. The standard InChI is InChI=1S/C21H23N3OS.HI/c1-3-13-24-19(12-9-15-7-10-16(23)11-8-15)26-18-6-4-5-17(20(18)24)21(25)14(2)22;/h4-12,14,23H,3,13,22H2,1-2H3;1H/t14-;/m0./s1. The third kappa shape index (κ3) is 4.75. The first-order chi connectivity index (χ1) is 12.5. The number of halogens is 1. The molecule has 0 fully saturated rings. The first-order valence-corrected chi connectivity index (χ1v) is 9.61. The maximum absolute atomic E-state index is 12.6. The average molecular weight is 493 g/mol. The number of nitrogen functional groups attached to an aromatic ring is 1. The average Bonchev–Trinajstić information content (AvgIpc) is 2.98. The highest BCUT2D eigenvalue weighted by Gasteiger charge is 2.25. The van der Waals surface area contributed by atoms with Gasteiger partial charge in [0.2, 0.25) is 5.52 Å². The third-order valence-electron chi connectivity index (χ3n) is 4.23. The van der Waals surface area contributed by atoms with E-state index < -0.39 is 6.04 Å². The van der Waals surface area contributed by atoms with Crippen LogP contribution in [0.5, 0.6) is 0 Å². The Morgan fingerprint density at radius 1 is 1.19 bits per heavy atom. The molecule has 27 heavy (non-hydrogen) atoms. The van der Waals surface area contributed by atoms with E-state index in [1.54, 1.807) is 18.3 Å². The number of carbonyl (C=O) groups is 1. The topological polar surface area (TPSA) is 73.0 Å². The minimum Gasteiger partial charge on any atom is -1.00 e. The van der Waals surface area contributed by atoms with Crippen LogP contribution in [0.3, 0.4) is 0 Å². The largest absolute Gasteiger partial charge is 1.00 e. The van der Waals surface area contributed by atoms with Crippen molar-refractivity contribution in [2.75, 3.05) is 5.73 Å². The number of fused-ring (bicyclic) bond motifs is 1. The summed E-state index contributed by atoms with van der Waals surface area (Å²) in [6, 6.07) is 13.1. The zero-order valence-electron chi connectivity index (χ0n) is 15.5. The molecule has 6 heteroatoms. The maximum Gasteiger partial charge on any atom is 0.262 e. The van der Waals surface area contributed by atoms with Gasteiger partial charge in [0.1, 0.15) is 11.2 Å². The summed E-state index contributed by atoms with van der Waals surface area (Å²) in [6.07, 6.45) is 5.16. The van der Waals surface area contributed by atoms with Gasteiger partial charge in [0.25, 0.3) is 5.01 Å². The highest BCUT2D eigenvalue weighted by atomic mass is 127. The predicted molar refractivity (Wildman–Crippen MR) is 110 cm³/mol. The molecule has 1 heterocycles. The number of thiazole rings is 1. The van der Waals surface area contributed by atoms with Crippen LogP contribution in [0.1, 0.15) is 41.2 Å². The van der Waals surface area contributed by atoms with Gasteiger partial charge in [0, 0.05) is 18.2 Å². The maximum atomic E-state index is 12.6. The number of nitrogens with zero attached hydrogens (tertiary/aromatic N) is 1. The smallest absolute Gasteiger partial charge is 0.262 e. The Hall–Kier alpha value is -1.77. The second-order valence-electron chi connectivity index (χ2n) is 6.40. The fraction of sp³-hybridized carbons (Fsp3) is 0.238. The summed E-state index contributed by atoms with van der Waals surface area (Å²) in [6.45, 7) is 4.73. The molecule has 3 rings (SSSR count). The number of carbonyl (C=O) groups excluding carboxylic acids is 1. The van der Waals surface area contributed by atoms with Gasteiger partial charge in [-0.3, -0.25) is 4.79 Å². The first kappa shape index (κ1) is 21.5. The highest BCUT2D eigenvalue weighted by Crippen LogP contribution is 2.26. The Balaban J connectivity index is 0.00000261. The molecule has 0 spiro atoms. The zero-order chi connectivity index (χ0) is 18.7. The summed E-state index contributed by atoms with van der Waals surface area (Å²) in [7, 11) is 0. The number of benzene rings is 2. The van der Waals surface area contributed by atoms with Crippen molar-refractivity contribution in [2.24, 2.45) is 5.73 Å². The normalized spacial score (nSPS) is 12.3. The Kier molecular flexibility index (Phi) is 7.52. The van der Waals surface area contributed by atoms with E-state index in [0.29, 0.717) is 5.56 Å². The number of aromatic nitrogens is 1. The highest BCUT2D eigenvalue weighted by molar-refractivity contribution is 7.19. The van der Waals surface area contributed by atoms with Crippen LogP contribution in [0, 0.1) is 0 Å². The van der Waals surface area contributed by atoms with Crippen LogP contribution >= 0.6 is 11.3 Å². The molecule has 0 saturated heterocycles. The molecular formula is C21H24IN3OS. The number of para-hydroxylation sites is 1. The minimum absolute atomic E-state index is 0. The lowest BCUT2D eigenvalue weighted by atomic mass is 10.0. The van der Waals surface area contributed by atoms with Gasteiger partial charge in [-0.15, -0.1) is 0 Å². The second-order valence-corrected chi connectivity index (χ2v) is 7.46. The lowest BCUT2D eigenvalue weighted by molar-refractivity contribution is -0.668. The SMILES string of the molecule is CCC[n+]1c(C=Cc2ccc(N)cc2)sc2cccc(C(=O)[C@H](C)N)c21.[I-]. The Labute approximate surface area is 180 Å². The van der Waals surface area contributed by atoms with Crippen molar-refractivity contribution in [1.82, 2.24) is 0 Å². The van der Waals surface area contributed by atoms with Crippen molar-refractivity contribution in [1.29, 1.82) is 0 Å². The van der Waals surface area contributed by atoms with Crippen molar-refractivity contribution in [2.45, 2.75) is 32.9 Å². The van der Waals surface area contributed by atoms with E-state index >= 15 is 0 Å². The third-order valence-corrected chi connectivity index (χ3v) is 5.35. The van der Waals surface area contributed by atoms with Crippen LogP contribution in [-0.4, -0.2) is 11.8 Å². The molecule has 4 nitrogen and oxygen atoms in total. The quantitative estimate of drug-likeness (QED) is 0.232. The number of Topliss-reactive ketones (excluding diaryl/α,β-unsaturated/α-hetero) is 1. The van der Waals surface area contributed by atoms with Gasteiger partial charge < -0.3 is 35.4 Å². The molecule has 1 aromatic heterocycles. The molecule has 3 aromatic rings. The molecule has 2 aromatic carbocycles. The van der Waals surface area contributed by atoms with Crippen molar-refractivity contribution in [3.63, 3.8) is 0 Å². The monoisotopic (exact) mass is 493 g/mol. The second kappa shape index (κ2) is 9.43. The molecular weight excluding hydrogens is 469 g/mol. The number of rotatable bonds is 6. The number of nitrogens with two attached hydrogens (primary N) is 2. The molecule has 1 atom stereocenters. The van der Waals surface area contributed by atoms with E-state index in [1.807, 2.05) is 36.4 Å². The Morgan fingerprint density at radius 2 is 1.89 bits per heavy atom. The van der Waals surface area contributed by atoms with Crippen LogP contribution in [0.15, 0.2) is 42.5 Å². The molecule has 142 valence electrons. The molecule has 0 unspecified atom stereocenters. The lowest BCUT2D eigenvalue weighted by Crippen LogP contribution is -3.00. The number of aryl methyl sites for hydroxylation is 1. The lowest BCUT2D eigenvalue weighted by Gasteiger charge is -2.04. The molecule has 4 N–H and O–H groups in total. The zero-order valence-corrected chi connectivity index (χ0v) is 18.5. The Morgan fingerprint density at radius 3 is 2.52 bits per heavy atom. The van der Waals surface area contributed by atoms with Crippen molar-refractivity contribution >= 4 is 45.2 Å². The Bertz CT molecular complexity index is 961. The molecule has 0 aliphatic rings. The van der Waals surface area contributed by atoms with Gasteiger partial charge in [-0.1, -0.05) is 36.5 Å². The predicted octanol–water partition coefficient (Wildman–Crippen LogP) is 0.885. The fourth-order valence-corrected chi connectivity index (χ4v) is 4.07. The number of ketones is 1. The van der Waals surface area contributed by atoms with Crippen molar-refractivity contribution < 1.29 is 33.3 Å². The van der Waals surface area contributed by atoms with E-state index in [1.165, 1.54) is 0 Å². The van der Waals surface area contributed by atoms with Gasteiger partial charge in [0.05, 0.1) is 11.6 Å². The van der Waals surface area contributed by atoms with Crippen molar-refractivity contribution in [3.05, 3.63) is 58.6 Å². The first-order valence-electron chi connectivity index (χ1n) is 8.80. The molecule has 0 aliphatic heterocycles. The summed E-state index contributed by atoms with van der Waals surface area (Å²) in [5.74, 6) is -0.0210. The van der Waals surface area contributed by atoms with Gasteiger partial charge in [0.15, 0.2) is 5.78 Å². The van der Waals surface area contributed by atoms with Crippen LogP contribution < -0.4 is 40.0 Å². The summed E-state index contributed by atoms with van der Waals surface area (Å²) in [4.78, 5) is 12.6. The number of hydrogen-bond donors (Lipinski definition) is 2. The van der Waals surface area contributed by atoms with Crippen LogP contribution in [-0.2, 0) is 6.54 Å². The molecule has 0 amide bonds. The van der Waals surface area contributed by atoms with Gasteiger partial charge in [-0.2, -0.15) is 4.57 Å². The number of hydrogen-bond acceptors (Lipinski definition) is 4. The van der Waals surface area contributed by atoms with Gasteiger partial charge in [-0.25, -0.2) is 0 Å². The minimum atomic E-state index is -0.510. The van der Waals surface area contributed by atoms with Crippen LogP contribution in [0.25, 0.3) is 22.4 Å². The van der Waals surface area contributed by atoms with E-state index in [0.717, 1.165) is 39.4 Å².